The fourth-order valence-electron chi connectivity index (χ4n) is 3.67. The molecule has 0 aliphatic heterocycles. The van der Waals surface area contributed by atoms with Crippen molar-refractivity contribution in [3.05, 3.63) is 11.6 Å². The average molecular weight is 338 g/mol. The number of hydrogen-bond acceptors (Lipinski definition) is 4. The van der Waals surface area contributed by atoms with Crippen molar-refractivity contribution in [2.24, 2.45) is 23.5 Å². The topological polar surface area (TPSA) is 102 Å². The molecular formula is C18H30N2O4. The van der Waals surface area contributed by atoms with Crippen LogP contribution in [0.15, 0.2) is 11.6 Å². The molecule has 0 aromatic rings. The number of nitrogens with one attached hydrogen (secondary N) is 1. The van der Waals surface area contributed by atoms with E-state index in [2.05, 4.69) is 18.3 Å². The summed E-state index contributed by atoms with van der Waals surface area (Å²) in [5.74, 6) is 0.993. The summed E-state index contributed by atoms with van der Waals surface area (Å²) in [6.07, 6.45) is 8.51. The van der Waals surface area contributed by atoms with E-state index < -0.39 is 12.0 Å². The van der Waals surface area contributed by atoms with Crippen molar-refractivity contribution in [3.63, 3.8) is 0 Å². The van der Waals surface area contributed by atoms with Gasteiger partial charge in [0.25, 0.3) is 0 Å². The van der Waals surface area contributed by atoms with Crippen LogP contribution in [0.3, 0.4) is 0 Å². The molecule has 0 bridgehead atoms. The quantitative estimate of drug-likeness (QED) is 0.466. The molecule has 0 aromatic carbocycles. The van der Waals surface area contributed by atoms with Crippen molar-refractivity contribution in [2.45, 2.75) is 57.9 Å². The van der Waals surface area contributed by atoms with Gasteiger partial charge < -0.3 is 20.9 Å². The molecule has 4 atom stereocenters. The van der Waals surface area contributed by atoms with E-state index in [4.69, 9.17) is 15.6 Å². The lowest BCUT2D eigenvalue weighted by molar-refractivity contribution is -0.138. The van der Waals surface area contributed by atoms with E-state index in [-0.39, 0.29) is 6.09 Å². The third-order valence-electron chi connectivity index (χ3n) is 5.31. The first kappa shape index (κ1) is 18.8. The Morgan fingerprint density at radius 3 is 2.88 bits per heavy atom. The second kappa shape index (κ2) is 9.06. The fourth-order valence-corrected chi connectivity index (χ4v) is 3.67. The molecule has 0 aromatic heterocycles. The van der Waals surface area contributed by atoms with Crippen LogP contribution in [0.25, 0.3) is 0 Å². The standard InChI is InChI=1S/C18H30N2O4/c1-12-5-4-6-13-14(9-8-12)15(13)11-24-18(23)20-10-3-2-7-16(19)17(21)22/h5,13-16H,2-4,6-11,19H2,1H3,(H,20,23)(H,21,22)/b12-5-/t13-,14+,15+,16+/m1/s1. The number of hydrogen-bond donors (Lipinski definition) is 3. The Labute approximate surface area is 143 Å². The number of carboxylic acids is 1. The third-order valence-corrected chi connectivity index (χ3v) is 5.31. The van der Waals surface area contributed by atoms with Crippen LogP contribution in [-0.4, -0.2) is 36.4 Å². The molecule has 24 heavy (non-hydrogen) atoms. The normalized spacial score (nSPS) is 29.2. The number of ether oxygens (including phenoxy) is 1. The summed E-state index contributed by atoms with van der Waals surface area (Å²) in [6, 6.07) is -0.818. The van der Waals surface area contributed by atoms with Gasteiger partial charge in [-0.3, -0.25) is 4.79 Å². The van der Waals surface area contributed by atoms with Crippen LogP contribution in [0, 0.1) is 17.8 Å². The second-order valence-corrected chi connectivity index (χ2v) is 7.12. The molecule has 2 aliphatic rings. The number of carbonyl (C=O) groups excluding carboxylic acids is 1. The molecule has 4 N–H and O–H groups in total. The number of carboxylic acid groups (broad SMARTS) is 1. The van der Waals surface area contributed by atoms with Gasteiger partial charge in [-0.15, -0.1) is 0 Å². The summed E-state index contributed by atoms with van der Waals surface area (Å²) >= 11 is 0. The number of aliphatic carboxylic acids is 1. The molecule has 0 radical (unpaired) electrons. The first-order chi connectivity index (χ1) is 11.5. The molecule has 0 heterocycles. The highest BCUT2D eigenvalue weighted by Crippen LogP contribution is 2.53. The van der Waals surface area contributed by atoms with Crippen LogP contribution in [0.2, 0.25) is 0 Å². The van der Waals surface area contributed by atoms with E-state index in [0.717, 1.165) is 18.3 Å². The van der Waals surface area contributed by atoms with E-state index in [1.807, 2.05) is 0 Å². The molecule has 1 saturated carbocycles. The number of allylic oxidation sites excluding steroid dienone is 2. The zero-order chi connectivity index (χ0) is 17.5. The van der Waals surface area contributed by atoms with Crippen LogP contribution in [0.1, 0.15) is 51.9 Å². The summed E-state index contributed by atoms with van der Waals surface area (Å²) in [5, 5.41) is 11.4. The molecular weight excluding hydrogens is 308 g/mol. The third kappa shape index (κ3) is 5.82. The van der Waals surface area contributed by atoms with Crippen LogP contribution >= 0.6 is 0 Å². The number of fused-ring (bicyclic) bond motifs is 1. The Bertz CT molecular complexity index is 478. The van der Waals surface area contributed by atoms with Gasteiger partial charge in [0.15, 0.2) is 0 Å². The maximum Gasteiger partial charge on any atom is 0.407 e. The van der Waals surface area contributed by atoms with Gasteiger partial charge in [0.1, 0.15) is 6.04 Å². The van der Waals surface area contributed by atoms with E-state index in [0.29, 0.717) is 38.3 Å². The lowest BCUT2D eigenvalue weighted by Gasteiger charge is -2.08. The van der Waals surface area contributed by atoms with Crippen LogP contribution in [-0.2, 0) is 9.53 Å². The number of amides is 1. The molecule has 0 unspecified atom stereocenters. The Morgan fingerprint density at radius 1 is 1.38 bits per heavy atom. The molecule has 0 saturated heterocycles. The lowest BCUT2D eigenvalue weighted by atomic mass is 10.0. The van der Waals surface area contributed by atoms with Crippen molar-refractivity contribution in [1.82, 2.24) is 5.32 Å². The maximum absolute atomic E-state index is 11.7. The van der Waals surface area contributed by atoms with Crippen molar-refractivity contribution in [2.75, 3.05) is 13.2 Å². The molecule has 6 nitrogen and oxygen atoms in total. The smallest absolute Gasteiger partial charge is 0.407 e. The zero-order valence-electron chi connectivity index (χ0n) is 14.5. The van der Waals surface area contributed by atoms with Gasteiger partial charge in [0.05, 0.1) is 6.61 Å². The number of rotatable bonds is 8. The number of carbonyl (C=O) groups is 2. The number of alkyl carbamates (subject to hydrolysis) is 1. The summed E-state index contributed by atoms with van der Waals surface area (Å²) in [4.78, 5) is 22.3. The highest BCUT2D eigenvalue weighted by Gasteiger charge is 2.49. The SMILES string of the molecule is C/C1=C/CC[C@@H]2[C@H](CC1)[C@H]2COC(=O)NCCCC[C@H](N)C(=O)O. The molecule has 6 heteroatoms. The van der Waals surface area contributed by atoms with Crippen LogP contribution in [0.4, 0.5) is 4.79 Å². The first-order valence-electron chi connectivity index (χ1n) is 9.03. The van der Waals surface area contributed by atoms with E-state index in [1.54, 1.807) is 0 Å². The first-order valence-corrected chi connectivity index (χ1v) is 9.03. The van der Waals surface area contributed by atoms with Crippen LogP contribution < -0.4 is 11.1 Å². The minimum atomic E-state index is -0.981. The average Bonchev–Trinajstić information content (AvgIpc) is 3.18. The fraction of sp³-hybridized carbons (Fsp3) is 0.778. The van der Waals surface area contributed by atoms with Crippen molar-refractivity contribution in [1.29, 1.82) is 0 Å². The van der Waals surface area contributed by atoms with Gasteiger partial charge in [-0.05, 0) is 69.6 Å². The second-order valence-electron chi connectivity index (χ2n) is 7.12. The van der Waals surface area contributed by atoms with E-state index >= 15 is 0 Å². The highest BCUT2D eigenvalue weighted by atomic mass is 16.5. The Morgan fingerprint density at radius 2 is 2.12 bits per heavy atom. The summed E-state index contributed by atoms with van der Waals surface area (Å²) in [5.41, 5.74) is 6.91. The summed E-state index contributed by atoms with van der Waals surface area (Å²) < 4.78 is 5.35. The van der Waals surface area contributed by atoms with Gasteiger partial charge in [0, 0.05) is 6.54 Å². The van der Waals surface area contributed by atoms with Gasteiger partial charge in [0.2, 0.25) is 0 Å². The van der Waals surface area contributed by atoms with Gasteiger partial charge in [-0.25, -0.2) is 4.79 Å². The monoisotopic (exact) mass is 338 g/mol. The number of unbranched alkanes of at least 4 members (excludes halogenated alkanes) is 1. The molecule has 0 spiro atoms. The van der Waals surface area contributed by atoms with Gasteiger partial charge in [-0.2, -0.15) is 0 Å². The minimum absolute atomic E-state index is 0.369. The Balaban J connectivity index is 1.52. The largest absolute Gasteiger partial charge is 0.480 e. The lowest BCUT2D eigenvalue weighted by Crippen LogP contribution is -2.30. The summed E-state index contributed by atoms with van der Waals surface area (Å²) in [7, 11) is 0. The Kier molecular flexibility index (Phi) is 7.09. The van der Waals surface area contributed by atoms with Gasteiger partial charge in [-0.1, -0.05) is 11.6 Å². The van der Waals surface area contributed by atoms with E-state index in [9.17, 15) is 9.59 Å². The maximum atomic E-state index is 11.7. The van der Waals surface area contributed by atoms with E-state index in [1.165, 1.54) is 24.8 Å². The molecule has 2 aliphatic carbocycles. The summed E-state index contributed by atoms with van der Waals surface area (Å²) in [6.45, 7) is 3.21. The Hall–Kier alpha value is -1.56. The molecule has 2 rings (SSSR count). The number of nitrogens with two attached hydrogens (primary N) is 1. The van der Waals surface area contributed by atoms with Crippen LogP contribution in [0.5, 0.6) is 0 Å². The molecule has 136 valence electrons. The predicted octanol–water partition coefficient (Wildman–Crippen LogP) is 2.68. The predicted molar refractivity (Wildman–Crippen MR) is 91.5 cm³/mol. The zero-order valence-corrected chi connectivity index (χ0v) is 14.5. The molecule has 1 fully saturated rings. The van der Waals surface area contributed by atoms with Crippen molar-refractivity contribution in [3.8, 4) is 0 Å². The van der Waals surface area contributed by atoms with Gasteiger partial charge >= 0.3 is 12.1 Å². The minimum Gasteiger partial charge on any atom is -0.480 e. The van der Waals surface area contributed by atoms with Crippen molar-refractivity contribution >= 4 is 12.1 Å². The highest BCUT2D eigenvalue weighted by molar-refractivity contribution is 5.72. The molecule has 1 amide bonds. The van der Waals surface area contributed by atoms with Crippen molar-refractivity contribution < 1.29 is 19.4 Å².